The normalized spacial score (nSPS) is 18.2. The van der Waals surface area contributed by atoms with E-state index in [4.69, 9.17) is 26.1 Å². The fourth-order valence-electron chi connectivity index (χ4n) is 9.05. The lowest BCUT2D eigenvalue weighted by atomic mass is 9.72. The van der Waals surface area contributed by atoms with E-state index < -0.39 is 37.5 Å². The highest BCUT2D eigenvalue weighted by atomic mass is 35.5. The fourth-order valence-corrected chi connectivity index (χ4v) is 10.2. The number of hydrogen-bond acceptors (Lipinski definition) is 12. The predicted octanol–water partition coefficient (Wildman–Crippen LogP) is 6.99. The van der Waals surface area contributed by atoms with Gasteiger partial charge in [-0.05, 0) is 90.4 Å². The molecule has 3 aromatic carbocycles. The first-order valence-electron chi connectivity index (χ1n) is 21.9. The van der Waals surface area contributed by atoms with Gasteiger partial charge >= 0.3 is 5.69 Å². The van der Waals surface area contributed by atoms with Gasteiger partial charge in [0.1, 0.15) is 23.9 Å². The molecule has 1 atom stereocenters. The number of piperazine rings is 1. The number of halogens is 1. The number of morpholine rings is 1. The van der Waals surface area contributed by atoms with Gasteiger partial charge in [0.15, 0.2) is 5.75 Å². The molecular weight excluding hydrogens is 886 g/mol. The van der Waals surface area contributed by atoms with Crippen molar-refractivity contribution in [2.45, 2.75) is 51.0 Å². The number of fused-ring (bicyclic) bond motifs is 2. The summed E-state index contributed by atoms with van der Waals surface area (Å²) in [6.07, 6.45) is 5.98. The topological polar surface area (TPSA) is 198 Å². The van der Waals surface area contributed by atoms with Gasteiger partial charge in [0.05, 0.1) is 45.9 Å². The van der Waals surface area contributed by atoms with E-state index in [1.165, 1.54) is 29.7 Å². The lowest BCUT2D eigenvalue weighted by molar-refractivity contribution is -0.386. The van der Waals surface area contributed by atoms with Crippen LogP contribution in [-0.4, -0.2) is 120 Å². The van der Waals surface area contributed by atoms with Crippen molar-refractivity contribution in [1.82, 2.24) is 34.3 Å². The number of nitro groups is 1. The number of allylic oxidation sites excluding steroid dienone is 1. The molecule has 17 nitrogen and oxygen atoms in total. The molecule has 5 heterocycles. The highest BCUT2D eigenvalue weighted by Gasteiger charge is 2.31. The Balaban J connectivity index is 0.964. The van der Waals surface area contributed by atoms with Gasteiger partial charge in [-0.3, -0.25) is 24.6 Å². The van der Waals surface area contributed by atoms with Crippen molar-refractivity contribution in [3.8, 4) is 11.4 Å². The van der Waals surface area contributed by atoms with Crippen LogP contribution in [0.1, 0.15) is 56.0 Å². The maximum Gasteiger partial charge on any atom is 0.312 e. The minimum Gasteiger partial charge on any atom is -0.484 e. The molecule has 3 aliphatic rings. The van der Waals surface area contributed by atoms with Crippen LogP contribution < -0.4 is 14.4 Å². The number of hydrogen-bond donors (Lipinski definition) is 2. The Labute approximate surface area is 386 Å². The number of benzene rings is 3. The monoisotopic (exact) mass is 935 g/mol. The minimum absolute atomic E-state index is 0.00329. The van der Waals surface area contributed by atoms with E-state index in [9.17, 15) is 28.1 Å². The second kappa shape index (κ2) is 18.1. The molecule has 19 heteroatoms. The maximum atomic E-state index is 14.2. The van der Waals surface area contributed by atoms with E-state index in [2.05, 4.69) is 50.6 Å². The number of anilines is 1. The van der Waals surface area contributed by atoms with E-state index in [-0.39, 0.29) is 42.4 Å². The largest absolute Gasteiger partial charge is 0.484 e. The number of aromatic amines is 1. The molecule has 0 unspecified atom stereocenters. The molecule has 0 radical (unpaired) electrons. The summed E-state index contributed by atoms with van der Waals surface area (Å²) in [5.41, 5.74) is 6.63. The smallest absolute Gasteiger partial charge is 0.312 e. The number of nitro benzene ring substituents is 1. The van der Waals surface area contributed by atoms with Crippen LogP contribution in [-0.2, 0) is 19.6 Å². The third-order valence-electron chi connectivity index (χ3n) is 12.7. The second-order valence-corrected chi connectivity index (χ2v) is 20.0. The zero-order chi connectivity index (χ0) is 46.3. The molecule has 0 spiro atoms. The molecule has 2 fully saturated rings. The van der Waals surface area contributed by atoms with Crippen LogP contribution in [0.4, 0.5) is 11.4 Å². The van der Waals surface area contributed by atoms with Crippen molar-refractivity contribution in [2.24, 2.45) is 5.41 Å². The first-order chi connectivity index (χ1) is 31.6. The summed E-state index contributed by atoms with van der Waals surface area (Å²) in [6.45, 7) is 10.8. The Morgan fingerprint density at radius 1 is 1.03 bits per heavy atom. The van der Waals surface area contributed by atoms with Gasteiger partial charge in [0.25, 0.3) is 15.9 Å². The quantitative estimate of drug-likeness (QED) is 0.0944. The third-order valence-corrected chi connectivity index (χ3v) is 14.3. The van der Waals surface area contributed by atoms with Crippen LogP contribution in [0.15, 0.2) is 95.7 Å². The Hall–Kier alpha value is -6.34. The summed E-state index contributed by atoms with van der Waals surface area (Å²) in [5, 5.41) is 18.4. The summed E-state index contributed by atoms with van der Waals surface area (Å²) in [5.74, 6) is -1.29. The van der Waals surface area contributed by atoms with Crippen molar-refractivity contribution in [2.75, 3.05) is 63.9 Å². The van der Waals surface area contributed by atoms with Gasteiger partial charge in [-0.1, -0.05) is 43.2 Å². The molecule has 2 saturated heterocycles. The number of nitrogens with zero attached hydrogens (tertiary/aromatic N) is 7. The summed E-state index contributed by atoms with van der Waals surface area (Å²) < 4.78 is 42.8. The number of rotatable bonds is 12. The van der Waals surface area contributed by atoms with E-state index in [0.717, 1.165) is 67.1 Å². The van der Waals surface area contributed by atoms with Crippen molar-refractivity contribution < 1.29 is 32.4 Å². The first kappa shape index (κ1) is 44.8. The van der Waals surface area contributed by atoms with Crippen molar-refractivity contribution in [3.63, 3.8) is 0 Å². The average molecular weight is 936 g/mol. The number of sulfonamides is 1. The van der Waals surface area contributed by atoms with E-state index in [1.54, 1.807) is 34.1 Å². The van der Waals surface area contributed by atoms with Crippen molar-refractivity contribution in [1.29, 1.82) is 0 Å². The van der Waals surface area contributed by atoms with Crippen LogP contribution in [0.5, 0.6) is 5.75 Å². The van der Waals surface area contributed by atoms with Gasteiger partial charge in [-0.2, -0.15) is 5.10 Å². The first-order valence-corrected chi connectivity index (χ1v) is 23.7. The fraction of sp³-hybridized carbons (Fsp3) is 0.362. The molecule has 0 saturated carbocycles. The Morgan fingerprint density at radius 3 is 2.58 bits per heavy atom. The number of amides is 2. The minimum atomic E-state index is -4.66. The molecule has 1 aliphatic carbocycles. The van der Waals surface area contributed by atoms with Crippen LogP contribution >= 0.6 is 11.6 Å². The van der Waals surface area contributed by atoms with E-state index in [0.29, 0.717) is 42.0 Å². The molecular formula is C47H50ClN9O8S. The number of aromatic nitrogens is 4. The van der Waals surface area contributed by atoms with Crippen LogP contribution in [0, 0.1) is 15.5 Å². The number of H-pyrrole nitrogens is 1. The highest BCUT2D eigenvalue weighted by Crippen LogP contribution is 2.43. The molecule has 2 N–H and O–H groups in total. The van der Waals surface area contributed by atoms with Gasteiger partial charge in [-0.15, -0.1) is 0 Å². The van der Waals surface area contributed by atoms with Gasteiger partial charge in [0.2, 0.25) is 5.91 Å². The highest BCUT2D eigenvalue weighted by molar-refractivity contribution is 7.90. The van der Waals surface area contributed by atoms with E-state index >= 15 is 0 Å². The number of nitrogens with one attached hydrogen (secondary N) is 2. The predicted molar refractivity (Wildman–Crippen MR) is 251 cm³/mol. The van der Waals surface area contributed by atoms with Crippen molar-refractivity contribution >= 4 is 72.5 Å². The van der Waals surface area contributed by atoms with Gasteiger partial charge < -0.3 is 24.3 Å². The molecule has 9 rings (SSSR count). The Kier molecular flexibility index (Phi) is 12.3. The maximum absolute atomic E-state index is 14.2. The van der Waals surface area contributed by atoms with Gasteiger partial charge in [0, 0.05) is 74.6 Å². The SMILES string of the molecule is CC(=O)N1CCO[C@H](COc2ccc(S(=O)(=O)NC(=O)c3ccc(N4CCN(CC5=C(c6ccc(Cl)cc6)CC(C)(C)CC5)CC4)cc3-n3ncc4nc5[nH]ccc5cc43)cc2[N+](=O)[O-])C1. The Bertz CT molecular complexity index is 3000. The van der Waals surface area contributed by atoms with Crippen LogP contribution in [0.3, 0.4) is 0 Å². The number of ether oxygens (including phenoxy) is 2. The lowest BCUT2D eigenvalue weighted by Crippen LogP contribution is -2.47. The number of carbonyl (C=O) groups is 2. The van der Waals surface area contributed by atoms with Crippen LogP contribution in [0.25, 0.3) is 33.3 Å². The average Bonchev–Trinajstić information content (AvgIpc) is 3.94. The summed E-state index contributed by atoms with van der Waals surface area (Å²) in [6, 6.07) is 20.3. The summed E-state index contributed by atoms with van der Waals surface area (Å²) in [4.78, 5) is 51.1. The molecule has 6 aromatic rings. The zero-order valence-corrected chi connectivity index (χ0v) is 38.4. The summed E-state index contributed by atoms with van der Waals surface area (Å²) in [7, 11) is -4.66. The molecule has 2 aliphatic heterocycles. The second-order valence-electron chi connectivity index (χ2n) is 17.8. The van der Waals surface area contributed by atoms with Gasteiger partial charge in [-0.25, -0.2) is 22.8 Å². The number of pyridine rings is 1. The van der Waals surface area contributed by atoms with Crippen LogP contribution in [0.2, 0.25) is 5.02 Å². The third kappa shape index (κ3) is 9.49. The lowest BCUT2D eigenvalue weighted by Gasteiger charge is -2.39. The summed E-state index contributed by atoms with van der Waals surface area (Å²) >= 11 is 6.26. The molecule has 3 aromatic heterocycles. The Morgan fingerprint density at radius 2 is 1.82 bits per heavy atom. The molecule has 2 amide bonds. The molecule has 344 valence electrons. The standard InChI is InChI=1S/C47H50ClN9O8S/c1-30(58)55-20-21-64-36(28-55)29-65-44-11-9-37(24-43(44)57(60)61)66(62,63)52-46(59)38-10-8-35(23-41(38)56-42-22-32-13-15-49-45(32)51-40(42)26-50-56)54-18-16-53(17-19-54)27-33-12-14-47(2,3)25-39(33)31-4-6-34(48)7-5-31/h4-11,13,15,22-24,26,36H,12,14,16-21,25,27-29H2,1-3H3,(H,49,51)(H,52,59)/t36-/m0/s1. The number of carbonyl (C=O) groups excluding carboxylic acids is 2. The zero-order valence-electron chi connectivity index (χ0n) is 36.8. The molecule has 0 bridgehead atoms. The van der Waals surface area contributed by atoms with Crippen molar-refractivity contribution in [3.05, 3.63) is 117 Å². The van der Waals surface area contributed by atoms with E-state index in [1.807, 2.05) is 30.3 Å². The molecule has 66 heavy (non-hydrogen) atoms.